The maximum absolute atomic E-state index is 13.1. The number of amides is 1. The third kappa shape index (κ3) is 4.00. The van der Waals surface area contributed by atoms with Gasteiger partial charge in [-0.1, -0.05) is 48.2 Å². The van der Waals surface area contributed by atoms with Crippen LogP contribution in [0.4, 0.5) is 11.4 Å². The minimum atomic E-state index is -0.543. The quantitative estimate of drug-likeness (QED) is 0.429. The molecule has 32 heavy (non-hydrogen) atoms. The van der Waals surface area contributed by atoms with E-state index in [9.17, 15) is 9.59 Å². The van der Waals surface area contributed by atoms with E-state index in [-0.39, 0.29) is 12.5 Å². The molecular formula is C24H18N4O3S. The van der Waals surface area contributed by atoms with Crippen LogP contribution in [-0.2, 0) is 16.1 Å². The van der Waals surface area contributed by atoms with Gasteiger partial charge in [-0.25, -0.2) is 14.5 Å². The van der Waals surface area contributed by atoms with Gasteiger partial charge >= 0.3 is 5.97 Å². The van der Waals surface area contributed by atoms with E-state index >= 15 is 0 Å². The second kappa shape index (κ2) is 8.68. The van der Waals surface area contributed by atoms with E-state index in [0.29, 0.717) is 12.1 Å². The van der Waals surface area contributed by atoms with E-state index in [1.807, 2.05) is 60.7 Å². The Hall–Kier alpha value is -3.91. The number of carbonyl (C=O) groups excluding carboxylic acids is 2. The highest BCUT2D eigenvalue weighted by Crippen LogP contribution is 2.47. The van der Waals surface area contributed by atoms with Gasteiger partial charge in [0.15, 0.2) is 6.61 Å². The smallest absolute Gasteiger partial charge is 0.338 e. The predicted molar refractivity (Wildman–Crippen MR) is 120 cm³/mol. The van der Waals surface area contributed by atoms with Crippen molar-refractivity contribution in [1.29, 1.82) is 0 Å². The molecule has 0 N–H and O–H groups in total. The lowest BCUT2D eigenvalue weighted by Crippen LogP contribution is -2.32. The van der Waals surface area contributed by atoms with Crippen molar-refractivity contribution in [3.8, 4) is 0 Å². The lowest BCUT2D eigenvalue weighted by Gasteiger charge is -2.30. The molecule has 0 bridgehead atoms. The second-order valence-electron chi connectivity index (χ2n) is 7.13. The summed E-state index contributed by atoms with van der Waals surface area (Å²) in [6.45, 7) is 0.201. The fourth-order valence-corrected chi connectivity index (χ4v) is 4.55. The van der Waals surface area contributed by atoms with Crippen LogP contribution >= 0.6 is 11.8 Å². The van der Waals surface area contributed by atoms with E-state index in [2.05, 4.69) is 10.1 Å². The Bertz CT molecular complexity index is 1230. The minimum Gasteiger partial charge on any atom is -0.452 e. The van der Waals surface area contributed by atoms with Crippen molar-refractivity contribution in [2.75, 3.05) is 11.5 Å². The summed E-state index contributed by atoms with van der Waals surface area (Å²) in [5.74, 6) is -0.847. The predicted octanol–water partition coefficient (Wildman–Crippen LogP) is 4.31. The third-order valence-corrected chi connectivity index (χ3v) is 6.14. The van der Waals surface area contributed by atoms with E-state index in [0.717, 1.165) is 26.7 Å². The van der Waals surface area contributed by atoms with E-state index in [1.54, 1.807) is 39.8 Å². The van der Waals surface area contributed by atoms with Gasteiger partial charge in [-0.2, -0.15) is 5.10 Å². The van der Waals surface area contributed by atoms with Crippen LogP contribution in [-0.4, -0.2) is 33.2 Å². The monoisotopic (exact) mass is 442 g/mol. The van der Waals surface area contributed by atoms with Crippen molar-refractivity contribution in [2.24, 2.45) is 0 Å². The van der Waals surface area contributed by atoms with Gasteiger partial charge < -0.3 is 4.74 Å². The maximum atomic E-state index is 13.1. The molecule has 4 aromatic rings. The molecule has 0 atom stereocenters. The van der Waals surface area contributed by atoms with Crippen molar-refractivity contribution in [3.05, 3.63) is 96.6 Å². The molecule has 5 rings (SSSR count). The number of para-hydroxylation sites is 2. The summed E-state index contributed by atoms with van der Waals surface area (Å²) in [5.41, 5.74) is 2.93. The maximum Gasteiger partial charge on any atom is 0.338 e. The normalized spacial score (nSPS) is 12.1. The Kier molecular flexibility index (Phi) is 5.43. The van der Waals surface area contributed by atoms with E-state index < -0.39 is 5.97 Å². The number of hydrogen-bond donors (Lipinski definition) is 0. The summed E-state index contributed by atoms with van der Waals surface area (Å²) in [4.78, 5) is 33.1. The number of ether oxygens (including phenoxy) is 1. The first kappa shape index (κ1) is 20.0. The first-order valence-electron chi connectivity index (χ1n) is 9.96. The van der Waals surface area contributed by atoms with Crippen molar-refractivity contribution < 1.29 is 14.3 Å². The number of nitrogens with zero attached hydrogens (tertiary/aromatic N) is 4. The van der Waals surface area contributed by atoms with Crippen molar-refractivity contribution in [1.82, 2.24) is 14.8 Å². The summed E-state index contributed by atoms with van der Waals surface area (Å²) >= 11 is 1.62. The molecule has 1 aliphatic heterocycles. The SMILES string of the molecule is O=C(OCC(=O)N1c2ccccc2Sc2ccccc21)c1ccc(Cn2cncn2)cc1. The summed E-state index contributed by atoms with van der Waals surface area (Å²) in [6, 6.07) is 22.4. The van der Waals surface area contributed by atoms with Crippen LogP contribution in [0.1, 0.15) is 15.9 Å². The number of anilines is 2. The molecule has 1 aliphatic rings. The number of fused-ring (bicyclic) bond motifs is 2. The van der Waals surface area contributed by atoms with Gasteiger partial charge in [0.2, 0.25) is 0 Å². The molecule has 0 saturated carbocycles. The highest BCUT2D eigenvalue weighted by Gasteiger charge is 2.28. The first-order valence-corrected chi connectivity index (χ1v) is 10.8. The van der Waals surface area contributed by atoms with Gasteiger partial charge in [-0.15, -0.1) is 0 Å². The van der Waals surface area contributed by atoms with Gasteiger partial charge in [0.05, 0.1) is 23.5 Å². The van der Waals surface area contributed by atoms with Gasteiger partial charge in [0, 0.05) is 9.79 Å². The van der Waals surface area contributed by atoms with Crippen molar-refractivity contribution in [2.45, 2.75) is 16.3 Å². The van der Waals surface area contributed by atoms with E-state index in [4.69, 9.17) is 4.74 Å². The molecule has 7 nitrogen and oxygen atoms in total. The fraction of sp³-hybridized carbons (Fsp3) is 0.0833. The molecule has 0 fully saturated rings. The van der Waals surface area contributed by atoms with E-state index in [1.165, 1.54) is 6.33 Å². The Balaban J connectivity index is 1.28. The second-order valence-corrected chi connectivity index (χ2v) is 8.22. The molecular weight excluding hydrogens is 424 g/mol. The average molecular weight is 443 g/mol. The zero-order valence-corrected chi connectivity index (χ0v) is 17.7. The van der Waals surface area contributed by atoms with Crippen molar-refractivity contribution >= 4 is 35.0 Å². The zero-order chi connectivity index (χ0) is 21.9. The van der Waals surface area contributed by atoms with Crippen LogP contribution in [0.2, 0.25) is 0 Å². The topological polar surface area (TPSA) is 77.3 Å². The van der Waals surface area contributed by atoms with Gasteiger partial charge in [0.1, 0.15) is 12.7 Å². The summed E-state index contributed by atoms with van der Waals surface area (Å²) in [5, 5.41) is 4.06. The average Bonchev–Trinajstić information content (AvgIpc) is 3.34. The summed E-state index contributed by atoms with van der Waals surface area (Å²) < 4.78 is 7.05. The van der Waals surface area contributed by atoms with Gasteiger partial charge in [-0.05, 0) is 42.0 Å². The van der Waals surface area contributed by atoms with Crippen molar-refractivity contribution in [3.63, 3.8) is 0 Å². The van der Waals surface area contributed by atoms with Crippen LogP contribution in [0, 0.1) is 0 Å². The number of esters is 1. The van der Waals surface area contributed by atoms with Gasteiger partial charge in [0.25, 0.3) is 5.91 Å². The number of benzene rings is 3. The molecule has 0 aliphatic carbocycles. The lowest BCUT2D eigenvalue weighted by molar-refractivity contribution is -0.121. The number of aromatic nitrogens is 3. The Morgan fingerprint density at radius 1 is 0.875 bits per heavy atom. The molecule has 3 aromatic carbocycles. The fourth-order valence-electron chi connectivity index (χ4n) is 3.50. The standard InChI is InChI=1S/C24H18N4O3S/c29-23(28-19-5-1-3-7-21(19)32-22-8-4-2-6-20(22)28)14-31-24(30)18-11-9-17(10-12-18)13-27-16-25-15-26-27/h1-12,15-16H,13-14H2. The zero-order valence-electron chi connectivity index (χ0n) is 16.9. The first-order chi connectivity index (χ1) is 15.7. The molecule has 1 aromatic heterocycles. The molecule has 0 saturated heterocycles. The molecule has 0 radical (unpaired) electrons. The highest BCUT2D eigenvalue weighted by molar-refractivity contribution is 7.99. The largest absolute Gasteiger partial charge is 0.452 e. The van der Waals surface area contributed by atoms with Crippen LogP contribution in [0.25, 0.3) is 0 Å². The van der Waals surface area contributed by atoms with Gasteiger partial charge in [-0.3, -0.25) is 9.69 Å². The Labute approximate surface area is 188 Å². The Morgan fingerprint density at radius 2 is 1.53 bits per heavy atom. The molecule has 1 amide bonds. The number of hydrogen-bond acceptors (Lipinski definition) is 6. The highest BCUT2D eigenvalue weighted by atomic mass is 32.2. The molecule has 2 heterocycles. The van der Waals surface area contributed by atoms with Crippen LogP contribution in [0.3, 0.4) is 0 Å². The molecule has 158 valence electrons. The summed E-state index contributed by atoms with van der Waals surface area (Å²) in [6.07, 6.45) is 3.10. The molecule has 0 unspecified atom stereocenters. The lowest BCUT2D eigenvalue weighted by atomic mass is 10.1. The summed E-state index contributed by atoms with van der Waals surface area (Å²) in [7, 11) is 0. The Morgan fingerprint density at radius 3 is 2.16 bits per heavy atom. The van der Waals surface area contributed by atoms with Crippen LogP contribution < -0.4 is 4.90 Å². The molecule has 8 heteroatoms. The van der Waals surface area contributed by atoms with Crippen LogP contribution in [0.15, 0.2) is 95.2 Å². The number of rotatable bonds is 5. The number of carbonyl (C=O) groups is 2. The molecule has 0 spiro atoms. The third-order valence-electron chi connectivity index (χ3n) is 5.01. The minimum absolute atomic E-state index is 0.304. The van der Waals surface area contributed by atoms with Crippen LogP contribution in [0.5, 0.6) is 0 Å².